The molecule has 0 atom stereocenters. The molecule has 0 spiro atoms. The van der Waals surface area contributed by atoms with Crippen molar-refractivity contribution < 1.29 is 13.2 Å². The molecule has 7 heteroatoms. The van der Waals surface area contributed by atoms with Crippen LogP contribution in [0.2, 0.25) is 0 Å². The lowest BCUT2D eigenvalue weighted by Gasteiger charge is -2.01. The predicted molar refractivity (Wildman–Crippen MR) is 76.8 cm³/mol. The predicted octanol–water partition coefficient (Wildman–Crippen LogP) is 0.780. The van der Waals surface area contributed by atoms with Gasteiger partial charge in [-0.1, -0.05) is 6.08 Å². The number of aromatic nitrogens is 2. The van der Waals surface area contributed by atoms with Gasteiger partial charge in [-0.3, -0.25) is 4.79 Å². The minimum atomic E-state index is -3.15. The summed E-state index contributed by atoms with van der Waals surface area (Å²) in [6.07, 6.45) is 6.16. The zero-order valence-electron chi connectivity index (χ0n) is 11.0. The maximum absolute atomic E-state index is 11.7. The molecule has 0 aliphatic rings. The van der Waals surface area contributed by atoms with E-state index in [1.54, 1.807) is 12.4 Å². The summed E-state index contributed by atoms with van der Waals surface area (Å²) in [5.74, 6) is -0.173. The Balaban J connectivity index is 1.94. The van der Waals surface area contributed by atoms with Crippen molar-refractivity contribution in [2.24, 2.45) is 0 Å². The normalized spacial score (nSPS) is 12.1. The van der Waals surface area contributed by atoms with Gasteiger partial charge in [0.1, 0.15) is 5.65 Å². The number of carbonyl (C=O) groups excluding carboxylic acids is 1. The fourth-order valence-electron chi connectivity index (χ4n) is 1.79. The molecule has 106 valence electrons. The van der Waals surface area contributed by atoms with E-state index in [9.17, 15) is 13.2 Å². The molecule has 2 N–H and O–H groups in total. The molecule has 6 nitrogen and oxygen atoms in total. The number of sulfone groups is 1. The Kier molecular flexibility index (Phi) is 4.19. The zero-order valence-corrected chi connectivity index (χ0v) is 11.8. The van der Waals surface area contributed by atoms with Gasteiger partial charge in [0.2, 0.25) is 5.91 Å². The van der Waals surface area contributed by atoms with Crippen LogP contribution in [-0.2, 0) is 21.1 Å². The van der Waals surface area contributed by atoms with Gasteiger partial charge in [0.15, 0.2) is 9.84 Å². The Labute approximate surface area is 116 Å². The Morgan fingerprint density at radius 2 is 2.30 bits per heavy atom. The summed E-state index contributed by atoms with van der Waals surface area (Å²) in [6, 6.07) is 3.71. The number of hydrogen-bond donors (Lipinski definition) is 2. The van der Waals surface area contributed by atoms with Crippen molar-refractivity contribution in [2.75, 3.05) is 12.8 Å². The van der Waals surface area contributed by atoms with Crippen LogP contribution in [0, 0.1) is 0 Å². The molecule has 2 aromatic heterocycles. The van der Waals surface area contributed by atoms with Gasteiger partial charge in [0, 0.05) is 36.0 Å². The molecule has 0 aliphatic carbocycles. The van der Waals surface area contributed by atoms with Crippen molar-refractivity contribution in [3.05, 3.63) is 41.6 Å². The summed E-state index contributed by atoms with van der Waals surface area (Å²) in [4.78, 5) is 18.9. The molecule has 0 saturated heterocycles. The van der Waals surface area contributed by atoms with Crippen LogP contribution in [-0.4, -0.2) is 37.1 Å². The standard InChI is InChI=1S/C13H15N3O3S/c1-20(18,19)7-3-6-14-12(17)8-10-9-16-13-11(10)4-2-5-15-13/h2-5,7,9H,6,8H2,1H3,(H,14,17)(H,15,16)/b7-3+. The van der Waals surface area contributed by atoms with E-state index >= 15 is 0 Å². The summed E-state index contributed by atoms with van der Waals surface area (Å²) in [7, 11) is -3.15. The topological polar surface area (TPSA) is 91.9 Å². The molecular weight excluding hydrogens is 278 g/mol. The highest BCUT2D eigenvalue weighted by Crippen LogP contribution is 2.15. The highest BCUT2D eigenvalue weighted by atomic mass is 32.2. The molecule has 0 saturated carbocycles. The average molecular weight is 293 g/mol. The Bertz CT molecular complexity index is 747. The third kappa shape index (κ3) is 3.92. The van der Waals surface area contributed by atoms with Crippen LogP contribution in [0.25, 0.3) is 11.0 Å². The second-order valence-corrected chi connectivity index (χ2v) is 6.33. The first-order valence-electron chi connectivity index (χ1n) is 6.00. The Morgan fingerprint density at radius 3 is 3.05 bits per heavy atom. The van der Waals surface area contributed by atoms with Crippen molar-refractivity contribution in [1.29, 1.82) is 0 Å². The lowest BCUT2D eigenvalue weighted by Crippen LogP contribution is -2.25. The summed E-state index contributed by atoms with van der Waals surface area (Å²) < 4.78 is 21.7. The molecule has 2 rings (SSSR count). The van der Waals surface area contributed by atoms with Gasteiger partial charge in [0.25, 0.3) is 0 Å². The third-order valence-corrected chi connectivity index (χ3v) is 3.34. The van der Waals surface area contributed by atoms with Gasteiger partial charge in [-0.25, -0.2) is 13.4 Å². The number of hydrogen-bond acceptors (Lipinski definition) is 4. The van der Waals surface area contributed by atoms with E-state index in [1.165, 1.54) is 6.08 Å². The molecule has 0 aromatic carbocycles. The van der Waals surface area contributed by atoms with E-state index in [1.807, 2.05) is 12.1 Å². The van der Waals surface area contributed by atoms with Crippen LogP contribution in [0.1, 0.15) is 5.56 Å². The number of fused-ring (bicyclic) bond motifs is 1. The molecular formula is C13H15N3O3S. The number of nitrogens with one attached hydrogen (secondary N) is 2. The number of carbonyl (C=O) groups is 1. The third-order valence-electron chi connectivity index (χ3n) is 2.65. The van der Waals surface area contributed by atoms with Crippen molar-refractivity contribution in [3.63, 3.8) is 0 Å². The highest BCUT2D eigenvalue weighted by molar-refractivity contribution is 7.93. The van der Waals surface area contributed by atoms with Crippen LogP contribution in [0.4, 0.5) is 0 Å². The van der Waals surface area contributed by atoms with Crippen LogP contribution < -0.4 is 5.32 Å². The monoisotopic (exact) mass is 293 g/mol. The van der Waals surface area contributed by atoms with Crippen LogP contribution in [0.3, 0.4) is 0 Å². The maximum atomic E-state index is 11.7. The van der Waals surface area contributed by atoms with Crippen LogP contribution in [0.15, 0.2) is 36.0 Å². The van der Waals surface area contributed by atoms with Gasteiger partial charge in [0.05, 0.1) is 6.42 Å². The quantitative estimate of drug-likeness (QED) is 0.852. The highest BCUT2D eigenvalue weighted by Gasteiger charge is 2.08. The number of nitrogens with zero attached hydrogens (tertiary/aromatic N) is 1. The van der Waals surface area contributed by atoms with Gasteiger partial charge in [-0.05, 0) is 17.7 Å². The number of pyridine rings is 1. The second kappa shape index (κ2) is 5.87. The maximum Gasteiger partial charge on any atom is 0.224 e. The van der Waals surface area contributed by atoms with Crippen molar-refractivity contribution in [2.45, 2.75) is 6.42 Å². The lowest BCUT2D eigenvalue weighted by molar-refractivity contribution is -0.120. The largest absolute Gasteiger partial charge is 0.352 e. The van der Waals surface area contributed by atoms with E-state index < -0.39 is 9.84 Å². The second-order valence-electron chi connectivity index (χ2n) is 4.40. The van der Waals surface area contributed by atoms with Gasteiger partial charge in [-0.2, -0.15) is 0 Å². The van der Waals surface area contributed by atoms with Crippen molar-refractivity contribution in [1.82, 2.24) is 15.3 Å². The number of amides is 1. The smallest absolute Gasteiger partial charge is 0.224 e. The van der Waals surface area contributed by atoms with Crippen molar-refractivity contribution >= 4 is 26.8 Å². The van der Waals surface area contributed by atoms with E-state index in [2.05, 4.69) is 15.3 Å². The molecule has 0 radical (unpaired) electrons. The number of aromatic amines is 1. The van der Waals surface area contributed by atoms with E-state index in [0.717, 1.165) is 28.3 Å². The Morgan fingerprint density at radius 1 is 1.50 bits per heavy atom. The van der Waals surface area contributed by atoms with Gasteiger partial charge in [-0.15, -0.1) is 0 Å². The fourth-order valence-corrected chi connectivity index (χ4v) is 2.24. The van der Waals surface area contributed by atoms with Crippen molar-refractivity contribution in [3.8, 4) is 0 Å². The first kappa shape index (κ1) is 14.3. The number of rotatable bonds is 5. The molecule has 2 heterocycles. The minimum absolute atomic E-state index is 0.173. The summed E-state index contributed by atoms with van der Waals surface area (Å²) >= 11 is 0. The van der Waals surface area contributed by atoms with Crippen LogP contribution >= 0.6 is 0 Å². The van der Waals surface area contributed by atoms with E-state index in [0.29, 0.717) is 0 Å². The lowest BCUT2D eigenvalue weighted by atomic mass is 10.1. The summed E-state index contributed by atoms with van der Waals surface area (Å²) in [5, 5.41) is 4.62. The summed E-state index contributed by atoms with van der Waals surface area (Å²) in [5.41, 5.74) is 1.60. The SMILES string of the molecule is CS(=O)(=O)/C=C/CNC(=O)Cc1c[nH]c2ncccc12. The first-order valence-corrected chi connectivity index (χ1v) is 7.95. The van der Waals surface area contributed by atoms with Gasteiger partial charge >= 0.3 is 0 Å². The average Bonchev–Trinajstić information content (AvgIpc) is 2.77. The first-order chi connectivity index (χ1) is 9.46. The molecule has 0 bridgehead atoms. The molecule has 0 fully saturated rings. The Hall–Kier alpha value is -2.15. The molecule has 2 aromatic rings. The zero-order chi connectivity index (χ0) is 14.6. The molecule has 0 unspecified atom stereocenters. The molecule has 20 heavy (non-hydrogen) atoms. The molecule has 1 amide bonds. The number of H-pyrrole nitrogens is 1. The molecule has 0 aliphatic heterocycles. The minimum Gasteiger partial charge on any atom is -0.352 e. The summed E-state index contributed by atoms with van der Waals surface area (Å²) in [6.45, 7) is 0.187. The van der Waals surface area contributed by atoms with E-state index in [-0.39, 0.29) is 18.9 Å². The van der Waals surface area contributed by atoms with Crippen LogP contribution in [0.5, 0.6) is 0 Å². The van der Waals surface area contributed by atoms with E-state index in [4.69, 9.17) is 0 Å². The van der Waals surface area contributed by atoms with Gasteiger partial charge < -0.3 is 10.3 Å². The fraction of sp³-hybridized carbons (Fsp3) is 0.231.